The van der Waals surface area contributed by atoms with Crippen LogP contribution in [0.4, 0.5) is 0 Å². The Morgan fingerprint density at radius 2 is 2.07 bits per heavy atom. The van der Waals surface area contributed by atoms with Crippen LogP contribution in [-0.2, 0) is 12.8 Å². The number of aromatic nitrogens is 2. The van der Waals surface area contributed by atoms with E-state index in [4.69, 9.17) is 10.3 Å². The molecule has 1 heterocycles. The minimum Gasteiger partial charge on any atom is -0.339 e. The molecule has 0 bridgehead atoms. The van der Waals surface area contributed by atoms with Crippen molar-refractivity contribution in [2.24, 2.45) is 5.73 Å². The van der Waals surface area contributed by atoms with Gasteiger partial charge >= 0.3 is 0 Å². The van der Waals surface area contributed by atoms with Crippen LogP contribution in [-0.4, -0.2) is 16.7 Å². The monoisotopic (exact) mass is 197 g/mol. The van der Waals surface area contributed by atoms with Gasteiger partial charge in [0.25, 0.3) is 0 Å². The van der Waals surface area contributed by atoms with Crippen molar-refractivity contribution in [2.45, 2.75) is 45.4 Å². The highest BCUT2D eigenvalue weighted by atomic mass is 16.5. The fourth-order valence-electron chi connectivity index (χ4n) is 1.33. The van der Waals surface area contributed by atoms with Crippen molar-refractivity contribution < 1.29 is 4.52 Å². The zero-order chi connectivity index (χ0) is 10.2. The molecule has 0 fully saturated rings. The van der Waals surface area contributed by atoms with Crippen LogP contribution in [0, 0.1) is 0 Å². The molecule has 0 unspecified atom stereocenters. The largest absolute Gasteiger partial charge is 0.339 e. The summed E-state index contributed by atoms with van der Waals surface area (Å²) in [7, 11) is 0. The summed E-state index contributed by atoms with van der Waals surface area (Å²) in [5.74, 6) is 1.49. The van der Waals surface area contributed by atoms with Crippen molar-refractivity contribution in [2.75, 3.05) is 6.54 Å². The lowest BCUT2D eigenvalue weighted by Crippen LogP contribution is -2.03. The Balaban J connectivity index is 2.22. The maximum absolute atomic E-state index is 5.39. The number of nitrogens with zero attached hydrogens (tertiary/aromatic N) is 2. The maximum atomic E-state index is 5.39. The van der Waals surface area contributed by atoms with Crippen molar-refractivity contribution in [1.82, 2.24) is 10.1 Å². The summed E-state index contributed by atoms with van der Waals surface area (Å²) in [6.45, 7) is 2.78. The standard InChI is InChI=1S/C10H19N3O/c1-2-3-4-5-6-10-12-9(7-8-11)13-14-10/h2-8,11H2,1H3. The van der Waals surface area contributed by atoms with E-state index in [9.17, 15) is 0 Å². The summed E-state index contributed by atoms with van der Waals surface area (Å²) in [5, 5.41) is 3.84. The van der Waals surface area contributed by atoms with Crippen molar-refractivity contribution in [3.63, 3.8) is 0 Å². The van der Waals surface area contributed by atoms with E-state index in [1.165, 1.54) is 19.3 Å². The van der Waals surface area contributed by atoms with Crippen LogP contribution < -0.4 is 5.73 Å². The smallest absolute Gasteiger partial charge is 0.226 e. The highest BCUT2D eigenvalue weighted by Gasteiger charge is 2.04. The summed E-state index contributed by atoms with van der Waals surface area (Å²) in [6.07, 6.45) is 6.52. The average Bonchev–Trinajstić information content (AvgIpc) is 2.61. The molecule has 0 radical (unpaired) electrons. The number of unbranched alkanes of at least 4 members (excludes halogenated alkanes) is 3. The van der Waals surface area contributed by atoms with Crippen LogP contribution in [0.3, 0.4) is 0 Å². The lowest BCUT2D eigenvalue weighted by atomic mass is 10.1. The minimum absolute atomic E-state index is 0.578. The fourth-order valence-corrected chi connectivity index (χ4v) is 1.33. The van der Waals surface area contributed by atoms with Gasteiger partial charge < -0.3 is 10.3 Å². The lowest BCUT2D eigenvalue weighted by molar-refractivity contribution is 0.368. The molecule has 0 aliphatic rings. The molecule has 0 aliphatic carbocycles. The first-order chi connectivity index (χ1) is 6.86. The highest BCUT2D eigenvalue weighted by molar-refractivity contribution is 4.86. The predicted molar refractivity (Wildman–Crippen MR) is 54.9 cm³/mol. The van der Waals surface area contributed by atoms with E-state index in [2.05, 4.69) is 17.1 Å². The number of hydrogen-bond donors (Lipinski definition) is 1. The Bertz CT molecular complexity index is 247. The molecule has 2 N–H and O–H groups in total. The summed E-state index contributed by atoms with van der Waals surface area (Å²) >= 11 is 0. The molecule has 0 spiro atoms. The Kier molecular flexibility index (Phi) is 5.22. The zero-order valence-electron chi connectivity index (χ0n) is 8.83. The first-order valence-corrected chi connectivity index (χ1v) is 5.38. The summed E-state index contributed by atoms with van der Waals surface area (Å²) in [5.41, 5.74) is 5.39. The van der Waals surface area contributed by atoms with Gasteiger partial charge in [-0.25, -0.2) is 0 Å². The molecule has 4 nitrogen and oxygen atoms in total. The van der Waals surface area contributed by atoms with Crippen molar-refractivity contribution in [1.29, 1.82) is 0 Å². The molecular formula is C10H19N3O. The Morgan fingerprint density at radius 3 is 2.79 bits per heavy atom. The van der Waals surface area contributed by atoms with Crippen LogP contribution in [0.15, 0.2) is 4.52 Å². The van der Waals surface area contributed by atoms with Gasteiger partial charge in [-0.05, 0) is 13.0 Å². The van der Waals surface area contributed by atoms with Gasteiger partial charge in [-0.1, -0.05) is 31.3 Å². The average molecular weight is 197 g/mol. The van der Waals surface area contributed by atoms with Crippen LogP contribution in [0.2, 0.25) is 0 Å². The molecule has 0 saturated heterocycles. The normalized spacial score (nSPS) is 10.7. The van der Waals surface area contributed by atoms with Crippen LogP contribution >= 0.6 is 0 Å². The van der Waals surface area contributed by atoms with E-state index in [1.807, 2.05) is 0 Å². The molecule has 14 heavy (non-hydrogen) atoms. The third-order valence-electron chi connectivity index (χ3n) is 2.12. The van der Waals surface area contributed by atoms with Crippen LogP contribution in [0.25, 0.3) is 0 Å². The van der Waals surface area contributed by atoms with E-state index in [0.717, 1.165) is 24.6 Å². The summed E-state index contributed by atoms with van der Waals surface area (Å²) in [4.78, 5) is 4.24. The molecule has 0 aromatic carbocycles. The topological polar surface area (TPSA) is 64.9 Å². The van der Waals surface area contributed by atoms with E-state index in [0.29, 0.717) is 13.0 Å². The van der Waals surface area contributed by atoms with Gasteiger partial charge in [-0.15, -0.1) is 0 Å². The highest BCUT2D eigenvalue weighted by Crippen LogP contribution is 2.06. The number of rotatable bonds is 7. The van der Waals surface area contributed by atoms with E-state index in [-0.39, 0.29) is 0 Å². The van der Waals surface area contributed by atoms with Gasteiger partial charge in [-0.3, -0.25) is 0 Å². The molecule has 1 aromatic heterocycles. The Hall–Kier alpha value is -0.900. The molecule has 4 heteroatoms. The van der Waals surface area contributed by atoms with Crippen LogP contribution in [0.5, 0.6) is 0 Å². The van der Waals surface area contributed by atoms with Crippen molar-refractivity contribution in [3.8, 4) is 0 Å². The fraction of sp³-hybridized carbons (Fsp3) is 0.800. The first kappa shape index (κ1) is 11.2. The SMILES string of the molecule is CCCCCCc1nc(CCN)no1. The Morgan fingerprint density at radius 1 is 1.21 bits per heavy atom. The van der Waals surface area contributed by atoms with Crippen LogP contribution in [0.1, 0.15) is 44.3 Å². The molecule has 1 aromatic rings. The predicted octanol–water partition coefficient (Wildman–Crippen LogP) is 1.69. The summed E-state index contributed by atoms with van der Waals surface area (Å²) < 4.78 is 5.08. The van der Waals surface area contributed by atoms with Gasteiger partial charge in [0.2, 0.25) is 5.89 Å². The Labute approximate surface area is 84.9 Å². The minimum atomic E-state index is 0.578. The van der Waals surface area contributed by atoms with Crippen molar-refractivity contribution >= 4 is 0 Å². The first-order valence-electron chi connectivity index (χ1n) is 5.38. The molecule has 0 saturated carbocycles. The molecule has 0 atom stereocenters. The zero-order valence-corrected chi connectivity index (χ0v) is 8.83. The number of hydrogen-bond acceptors (Lipinski definition) is 4. The van der Waals surface area contributed by atoms with Crippen molar-refractivity contribution in [3.05, 3.63) is 11.7 Å². The molecule has 0 aliphatic heterocycles. The molecule has 0 amide bonds. The molecule has 80 valence electrons. The second-order valence-corrected chi connectivity index (χ2v) is 3.45. The van der Waals surface area contributed by atoms with E-state index >= 15 is 0 Å². The molecule has 1 rings (SSSR count). The van der Waals surface area contributed by atoms with E-state index in [1.54, 1.807) is 0 Å². The molecular weight excluding hydrogens is 178 g/mol. The van der Waals surface area contributed by atoms with Gasteiger partial charge in [-0.2, -0.15) is 4.98 Å². The lowest BCUT2D eigenvalue weighted by Gasteiger charge is -1.93. The van der Waals surface area contributed by atoms with E-state index < -0.39 is 0 Å². The third kappa shape index (κ3) is 3.87. The van der Waals surface area contributed by atoms with Gasteiger partial charge in [0, 0.05) is 12.8 Å². The third-order valence-corrected chi connectivity index (χ3v) is 2.12. The van der Waals surface area contributed by atoms with Gasteiger partial charge in [0.1, 0.15) is 0 Å². The summed E-state index contributed by atoms with van der Waals surface area (Å²) in [6, 6.07) is 0. The second-order valence-electron chi connectivity index (χ2n) is 3.45. The quantitative estimate of drug-likeness (QED) is 0.675. The van der Waals surface area contributed by atoms with Gasteiger partial charge in [0.05, 0.1) is 0 Å². The second kappa shape index (κ2) is 6.54. The maximum Gasteiger partial charge on any atom is 0.226 e. The number of nitrogens with two attached hydrogens (primary N) is 1. The van der Waals surface area contributed by atoms with Gasteiger partial charge in [0.15, 0.2) is 5.82 Å². The number of aryl methyl sites for hydroxylation is 1.